The summed E-state index contributed by atoms with van der Waals surface area (Å²) < 4.78 is 11.2. The van der Waals surface area contributed by atoms with Crippen LogP contribution in [0.15, 0.2) is 91.3 Å². The molecule has 0 saturated carbocycles. The normalized spacial score (nSPS) is 14.0. The lowest BCUT2D eigenvalue weighted by molar-refractivity contribution is -0.153. The van der Waals surface area contributed by atoms with Crippen LogP contribution in [0.5, 0.6) is 5.75 Å². The molecule has 234 valence electrons. The van der Waals surface area contributed by atoms with Crippen LogP contribution < -0.4 is 15.4 Å². The molecule has 3 aromatic carbocycles. The molecule has 1 aliphatic heterocycles. The van der Waals surface area contributed by atoms with Crippen molar-refractivity contribution in [1.29, 1.82) is 0 Å². The van der Waals surface area contributed by atoms with E-state index in [2.05, 4.69) is 55.8 Å². The van der Waals surface area contributed by atoms with Gasteiger partial charge in [0.1, 0.15) is 24.5 Å². The van der Waals surface area contributed by atoms with Crippen molar-refractivity contribution >= 4 is 23.5 Å². The van der Waals surface area contributed by atoms with Gasteiger partial charge in [0.2, 0.25) is 5.95 Å². The number of ether oxygens (including phenoxy) is 2. The molecule has 45 heavy (non-hydrogen) atoms. The number of likely N-dealkylation sites (tertiary alicyclic amines) is 1. The van der Waals surface area contributed by atoms with Crippen LogP contribution in [0, 0.1) is 0 Å². The number of rotatable bonds is 11. The summed E-state index contributed by atoms with van der Waals surface area (Å²) in [6.45, 7) is 8.94. The van der Waals surface area contributed by atoms with Crippen molar-refractivity contribution in [2.24, 2.45) is 0 Å². The molecule has 1 aliphatic rings. The summed E-state index contributed by atoms with van der Waals surface area (Å²) in [5, 5.41) is 5.81. The molecule has 9 heteroatoms. The first kappa shape index (κ1) is 31.7. The molecule has 0 spiro atoms. The molecule has 0 aliphatic carbocycles. The predicted molar refractivity (Wildman–Crippen MR) is 176 cm³/mol. The fourth-order valence-corrected chi connectivity index (χ4v) is 5.26. The molecular formula is C36H41N5O4. The minimum Gasteiger partial charge on any atom is -0.492 e. The highest BCUT2D eigenvalue weighted by Gasteiger charge is 2.20. The van der Waals surface area contributed by atoms with E-state index in [1.165, 1.54) is 18.4 Å². The van der Waals surface area contributed by atoms with Crippen LogP contribution >= 0.6 is 0 Å². The molecule has 1 fully saturated rings. The van der Waals surface area contributed by atoms with Crippen molar-refractivity contribution in [3.05, 3.63) is 102 Å². The molecule has 2 N–H and O–H groups in total. The zero-order chi connectivity index (χ0) is 31.6. The van der Waals surface area contributed by atoms with Crippen molar-refractivity contribution in [1.82, 2.24) is 20.2 Å². The zero-order valence-corrected chi connectivity index (χ0v) is 26.2. The van der Waals surface area contributed by atoms with Gasteiger partial charge in [-0.05, 0) is 100 Å². The SMILES string of the molecule is CC(C)(C)OC(=O)CNC(=O)c1ccc(-c2cnc(Nc3ccc(OCCN4CCC(c5ccccc5)CC4)cc3)nc2)cc1. The van der Waals surface area contributed by atoms with E-state index in [-0.39, 0.29) is 12.5 Å². The quantitative estimate of drug-likeness (QED) is 0.194. The van der Waals surface area contributed by atoms with Gasteiger partial charge in [-0.2, -0.15) is 0 Å². The molecule has 5 rings (SSSR count). The lowest BCUT2D eigenvalue weighted by atomic mass is 9.89. The number of nitrogens with zero attached hydrogens (tertiary/aromatic N) is 3. The molecule has 1 saturated heterocycles. The molecule has 0 bridgehead atoms. The summed E-state index contributed by atoms with van der Waals surface area (Å²) in [5.74, 6) is 1.14. The molecule has 0 unspecified atom stereocenters. The summed E-state index contributed by atoms with van der Waals surface area (Å²) in [4.78, 5) is 35.6. The number of esters is 1. The number of piperidine rings is 1. The highest BCUT2D eigenvalue weighted by Crippen LogP contribution is 2.28. The minimum absolute atomic E-state index is 0.190. The van der Waals surface area contributed by atoms with Gasteiger partial charge in [0.25, 0.3) is 5.91 Å². The third-order valence-electron chi connectivity index (χ3n) is 7.59. The van der Waals surface area contributed by atoms with Crippen molar-refractivity contribution in [2.75, 3.05) is 38.1 Å². The van der Waals surface area contributed by atoms with Gasteiger partial charge < -0.3 is 20.1 Å². The van der Waals surface area contributed by atoms with Gasteiger partial charge in [-0.25, -0.2) is 9.97 Å². The Morgan fingerprint density at radius 3 is 2.18 bits per heavy atom. The van der Waals surface area contributed by atoms with E-state index in [1.54, 1.807) is 45.3 Å². The van der Waals surface area contributed by atoms with Gasteiger partial charge in [-0.1, -0.05) is 42.5 Å². The average Bonchev–Trinajstić information content (AvgIpc) is 3.05. The minimum atomic E-state index is -0.600. The van der Waals surface area contributed by atoms with Crippen molar-refractivity contribution in [2.45, 2.75) is 45.1 Å². The number of aromatic nitrogens is 2. The second-order valence-electron chi connectivity index (χ2n) is 12.2. The van der Waals surface area contributed by atoms with E-state index >= 15 is 0 Å². The zero-order valence-electron chi connectivity index (χ0n) is 26.2. The number of carbonyl (C=O) groups excluding carboxylic acids is 2. The first-order valence-electron chi connectivity index (χ1n) is 15.4. The second kappa shape index (κ2) is 14.8. The number of benzene rings is 3. The Balaban J connectivity index is 1.04. The molecule has 2 heterocycles. The topological polar surface area (TPSA) is 106 Å². The van der Waals surface area contributed by atoms with Crippen molar-refractivity contribution in [3.8, 4) is 16.9 Å². The monoisotopic (exact) mass is 607 g/mol. The van der Waals surface area contributed by atoms with Gasteiger partial charge >= 0.3 is 5.97 Å². The largest absolute Gasteiger partial charge is 0.492 e. The predicted octanol–water partition coefficient (Wildman–Crippen LogP) is 6.22. The van der Waals surface area contributed by atoms with Crippen molar-refractivity contribution in [3.63, 3.8) is 0 Å². The van der Waals surface area contributed by atoms with Crippen LogP contribution in [0.4, 0.5) is 11.6 Å². The standard InChI is InChI=1S/C36H41N5O4/c1-36(2,3)45-33(42)25-37-34(43)29-11-9-27(10-12-29)30-23-38-35(39-24-30)40-31-13-15-32(16-14-31)44-22-21-41-19-17-28(18-20-41)26-7-5-4-6-8-26/h4-16,23-24,28H,17-22,25H2,1-3H3,(H,37,43)(H,38,39,40). The first-order chi connectivity index (χ1) is 21.7. The Morgan fingerprint density at radius 2 is 1.53 bits per heavy atom. The third kappa shape index (κ3) is 9.61. The van der Waals surface area contributed by atoms with Gasteiger partial charge in [0, 0.05) is 35.8 Å². The van der Waals surface area contributed by atoms with Crippen LogP contribution in [0.3, 0.4) is 0 Å². The Morgan fingerprint density at radius 1 is 0.867 bits per heavy atom. The second-order valence-corrected chi connectivity index (χ2v) is 12.2. The third-order valence-corrected chi connectivity index (χ3v) is 7.59. The van der Waals surface area contributed by atoms with E-state index in [0.29, 0.717) is 24.0 Å². The first-order valence-corrected chi connectivity index (χ1v) is 15.4. The van der Waals surface area contributed by atoms with Gasteiger partial charge in [0.05, 0.1) is 0 Å². The maximum atomic E-state index is 12.4. The summed E-state index contributed by atoms with van der Waals surface area (Å²) >= 11 is 0. The van der Waals surface area contributed by atoms with E-state index in [0.717, 1.165) is 42.2 Å². The van der Waals surface area contributed by atoms with Crippen LogP contribution in [0.25, 0.3) is 11.1 Å². The lowest BCUT2D eigenvalue weighted by Crippen LogP contribution is -2.35. The fourth-order valence-electron chi connectivity index (χ4n) is 5.26. The number of carbonyl (C=O) groups is 2. The maximum absolute atomic E-state index is 12.4. The van der Waals surface area contributed by atoms with E-state index in [1.807, 2.05) is 36.4 Å². The molecule has 0 radical (unpaired) electrons. The van der Waals surface area contributed by atoms with Gasteiger partial charge in [-0.15, -0.1) is 0 Å². The Labute approximate surface area is 265 Å². The number of anilines is 2. The maximum Gasteiger partial charge on any atom is 0.325 e. The van der Waals surface area contributed by atoms with Crippen LogP contribution in [0.1, 0.15) is 55.5 Å². The molecular weight excluding hydrogens is 566 g/mol. The van der Waals surface area contributed by atoms with Crippen LogP contribution in [0.2, 0.25) is 0 Å². The van der Waals surface area contributed by atoms with E-state index < -0.39 is 11.6 Å². The molecule has 1 amide bonds. The fraction of sp³-hybridized carbons (Fsp3) is 0.333. The number of amides is 1. The molecule has 9 nitrogen and oxygen atoms in total. The highest BCUT2D eigenvalue weighted by molar-refractivity contribution is 5.96. The van der Waals surface area contributed by atoms with Crippen LogP contribution in [-0.2, 0) is 9.53 Å². The Bertz CT molecular complexity index is 1530. The number of hydrogen-bond donors (Lipinski definition) is 2. The Kier molecular flexibility index (Phi) is 10.4. The highest BCUT2D eigenvalue weighted by atomic mass is 16.6. The smallest absolute Gasteiger partial charge is 0.325 e. The molecule has 1 aromatic heterocycles. The van der Waals surface area contributed by atoms with E-state index in [4.69, 9.17) is 9.47 Å². The van der Waals surface area contributed by atoms with Crippen LogP contribution in [-0.4, -0.2) is 65.1 Å². The summed E-state index contributed by atoms with van der Waals surface area (Å²) in [7, 11) is 0. The number of hydrogen-bond acceptors (Lipinski definition) is 8. The average molecular weight is 608 g/mol. The number of nitrogens with one attached hydrogen (secondary N) is 2. The van der Waals surface area contributed by atoms with Gasteiger partial charge in [0.15, 0.2) is 0 Å². The summed E-state index contributed by atoms with van der Waals surface area (Å²) in [5.41, 5.74) is 3.84. The Hall–Kier alpha value is -4.76. The molecule has 4 aromatic rings. The van der Waals surface area contributed by atoms with Crippen molar-refractivity contribution < 1.29 is 19.1 Å². The summed E-state index contributed by atoms with van der Waals surface area (Å²) in [6.07, 6.45) is 5.84. The molecule has 0 atom stereocenters. The van der Waals surface area contributed by atoms with E-state index in [9.17, 15) is 9.59 Å². The summed E-state index contributed by atoms with van der Waals surface area (Å²) in [6, 6.07) is 25.7. The lowest BCUT2D eigenvalue weighted by Gasteiger charge is -2.32. The van der Waals surface area contributed by atoms with Gasteiger partial charge in [-0.3, -0.25) is 14.5 Å².